The summed E-state index contributed by atoms with van der Waals surface area (Å²) in [6.07, 6.45) is 0. The summed E-state index contributed by atoms with van der Waals surface area (Å²) < 4.78 is 31.9. The fourth-order valence-electron chi connectivity index (χ4n) is 1.74. The fraction of sp³-hybridized carbons (Fsp3) is 1.00. The summed E-state index contributed by atoms with van der Waals surface area (Å²) in [6.45, 7) is 6.38. The molecule has 10 heteroatoms. The van der Waals surface area contributed by atoms with Crippen LogP contribution in [-0.2, 0) is 8.78 Å². The largest absolute Gasteiger partial charge is 0.363 e. The molecule has 7 nitrogen and oxygen atoms in total. The second kappa shape index (κ2) is 7.36. The van der Waals surface area contributed by atoms with Crippen LogP contribution in [0.4, 0.5) is 0 Å². The topological polar surface area (TPSA) is 51.6 Å². The van der Waals surface area contributed by atoms with E-state index in [0.29, 0.717) is 0 Å². The van der Waals surface area contributed by atoms with Gasteiger partial charge in [-0.2, -0.15) is 4.52 Å². The summed E-state index contributed by atoms with van der Waals surface area (Å²) in [5.74, 6) is 0. The average Bonchev–Trinajstić information content (AvgIpc) is 2.24. The molecule has 0 unspecified atom stereocenters. The van der Waals surface area contributed by atoms with Crippen LogP contribution >= 0.6 is 15.2 Å². The third-order valence-corrected chi connectivity index (χ3v) is 11.9. The first-order chi connectivity index (χ1) is 9.19. The molecule has 128 valence electrons. The molecule has 0 rings (SSSR count). The molecule has 0 aromatic rings. The Labute approximate surface area is 132 Å². The lowest BCUT2D eigenvalue weighted by molar-refractivity contribution is 0.424. The van der Waals surface area contributed by atoms with Crippen LogP contribution in [0.15, 0.2) is 4.52 Å². The van der Waals surface area contributed by atoms with Crippen LogP contribution in [-0.4, -0.2) is 83.4 Å². The zero-order valence-electron chi connectivity index (χ0n) is 15.4. The maximum atomic E-state index is 13.3. The molecule has 0 aromatic heterocycles. The Kier molecular flexibility index (Phi) is 7.53. The van der Waals surface area contributed by atoms with E-state index in [-0.39, 0.29) is 0 Å². The van der Waals surface area contributed by atoms with E-state index in [2.05, 4.69) is 19.6 Å². The van der Waals surface area contributed by atoms with Crippen molar-refractivity contribution in [1.82, 2.24) is 18.7 Å². The number of rotatable bonds is 7. The van der Waals surface area contributed by atoms with Gasteiger partial charge >= 0.3 is 7.59 Å². The maximum absolute atomic E-state index is 13.3. The van der Waals surface area contributed by atoms with Gasteiger partial charge in [-0.15, -0.1) is 0 Å². The van der Waals surface area contributed by atoms with Crippen molar-refractivity contribution in [3.05, 3.63) is 0 Å². The molecule has 0 amide bonds. The van der Waals surface area contributed by atoms with Crippen molar-refractivity contribution >= 4 is 23.5 Å². The molecule has 0 aliphatic rings. The minimum Gasteiger partial charge on any atom is -0.363 e. The SMILES string of the molecule is CN(C)P(=O)(N=P(O[Si](C)(C)C)(N(C)C)N(C)C)N(C)C. The molecular weight excluding hydrogens is 324 g/mol. The second-order valence-corrected chi connectivity index (χ2v) is 17.6. The van der Waals surface area contributed by atoms with Crippen LogP contribution in [0.5, 0.6) is 0 Å². The first-order valence-corrected chi connectivity index (χ1v) is 13.4. The lowest BCUT2D eigenvalue weighted by Crippen LogP contribution is -2.33. The Morgan fingerprint density at radius 1 is 0.762 bits per heavy atom. The van der Waals surface area contributed by atoms with E-state index < -0.39 is 23.5 Å². The Hall–Kier alpha value is 0.477. The first-order valence-electron chi connectivity index (χ1n) is 6.85. The van der Waals surface area contributed by atoms with Gasteiger partial charge in [0.05, 0.1) is 0 Å². The smallest absolute Gasteiger partial charge is 0.331 e. The summed E-state index contributed by atoms with van der Waals surface area (Å²) in [6, 6.07) is 0. The molecule has 0 spiro atoms. The van der Waals surface area contributed by atoms with Crippen molar-refractivity contribution in [2.24, 2.45) is 4.52 Å². The van der Waals surface area contributed by atoms with Gasteiger partial charge in [0.2, 0.25) is 7.58 Å². The van der Waals surface area contributed by atoms with E-state index in [9.17, 15) is 4.57 Å². The first kappa shape index (κ1) is 21.5. The highest BCUT2D eigenvalue weighted by molar-refractivity contribution is 7.69. The molecule has 0 radical (unpaired) electrons. The Bertz CT molecular complexity index is 422. The molecular formula is C11H33N5O2P2Si. The van der Waals surface area contributed by atoms with E-state index in [1.165, 1.54) is 0 Å². The van der Waals surface area contributed by atoms with Crippen LogP contribution in [0.25, 0.3) is 0 Å². The highest BCUT2D eigenvalue weighted by Gasteiger charge is 2.39. The van der Waals surface area contributed by atoms with Crippen molar-refractivity contribution < 1.29 is 8.78 Å². The molecule has 0 aliphatic heterocycles. The van der Waals surface area contributed by atoms with E-state index >= 15 is 0 Å². The molecule has 0 atom stereocenters. The van der Waals surface area contributed by atoms with Crippen molar-refractivity contribution in [3.63, 3.8) is 0 Å². The maximum Gasteiger partial charge on any atom is 0.331 e. The third-order valence-electron chi connectivity index (χ3n) is 2.71. The molecule has 0 aliphatic carbocycles. The van der Waals surface area contributed by atoms with Gasteiger partial charge < -0.3 is 4.21 Å². The van der Waals surface area contributed by atoms with E-state index in [4.69, 9.17) is 8.73 Å². The van der Waals surface area contributed by atoms with Gasteiger partial charge in [0, 0.05) is 0 Å². The quantitative estimate of drug-likeness (QED) is 0.515. The van der Waals surface area contributed by atoms with Gasteiger partial charge in [-0.05, 0) is 76.0 Å². The van der Waals surface area contributed by atoms with Crippen molar-refractivity contribution in [1.29, 1.82) is 0 Å². The second-order valence-electron chi connectivity index (χ2n) is 6.71. The standard InChI is InChI=1S/C11H33N5O2P2Si/c1-13(2)19(17,14(3)4)12-20(15(5)6,16(7)8)18-21(9,10)11/h1-11H3. The van der Waals surface area contributed by atoms with Crippen molar-refractivity contribution in [3.8, 4) is 0 Å². The zero-order chi connectivity index (χ0) is 17.2. The number of nitrogens with zero attached hydrogens (tertiary/aromatic N) is 5. The molecule has 21 heavy (non-hydrogen) atoms. The normalized spacial score (nSPS) is 14.6. The van der Waals surface area contributed by atoms with Gasteiger partial charge in [0.25, 0.3) is 0 Å². The predicted octanol–water partition coefficient (Wildman–Crippen LogP) is 3.14. The molecule has 0 heterocycles. The summed E-state index contributed by atoms with van der Waals surface area (Å²) in [5, 5.41) is 0. The van der Waals surface area contributed by atoms with Gasteiger partial charge in [0.1, 0.15) is 0 Å². The van der Waals surface area contributed by atoms with Crippen LogP contribution in [0.2, 0.25) is 19.6 Å². The molecule has 0 bridgehead atoms. The highest BCUT2D eigenvalue weighted by Crippen LogP contribution is 2.66. The predicted molar refractivity (Wildman–Crippen MR) is 96.1 cm³/mol. The van der Waals surface area contributed by atoms with Gasteiger partial charge in [-0.25, -0.2) is 18.7 Å². The lowest BCUT2D eigenvalue weighted by Gasteiger charge is -2.41. The van der Waals surface area contributed by atoms with Crippen LogP contribution < -0.4 is 0 Å². The number of hydrogen-bond acceptors (Lipinski definition) is 2. The monoisotopic (exact) mass is 357 g/mol. The summed E-state index contributed by atoms with van der Waals surface area (Å²) in [7, 11) is 7.53. The van der Waals surface area contributed by atoms with Gasteiger partial charge in [-0.3, -0.25) is 4.57 Å². The summed E-state index contributed by atoms with van der Waals surface area (Å²) in [5.41, 5.74) is 0. The van der Waals surface area contributed by atoms with Crippen LogP contribution in [0.3, 0.4) is 0 Å². The summed E-state index contributed by atoms with van der Waals surface area (Å²) in [4.78, 5) is 0. The van der Waals surface area contributed by atoms with Crippen molar-refractivity contribution in [2.75, 3.05) is 56.4 Å². The Morgan fingerprint density at radius 2 is 1.10 bits per heavy atom. The van der Waals surface area contributed by atoms with E-state index in [0.717, 1.165) is 0 Å². The van der Waals surface area contributed by atoms with E-state index in [1.807, 2.05) is 37.5 Å². The summed E-state index contributed by atoms with van der Waals surface area (Å²) >= 11 is 0. The molecule has 0 fully saturated rings. The molecule has 0 saturated heterocycles. The Morgan fingerprint density at radius 3 is 1.29 bits per heavy atom. The van der Waals surface area contributed by atoms with E-state index in [1.54, 1.807) is 37.5 Å². The van der Waals surface area contributed by atoms with Gasteiger partial charge in [0.15, 0.2) is 8.32 Å². The molecule has 0 N–H and O–H groups in total. The average molecular weight is 357 g/mol. The minimum atomic E-state index is -3.02. The van der Waals surface area contributed by atoms with Crippen LogP contribution in [0, 0.1) is 0 Å². The van der Waals surface area contributed by atoms with Crippen molar-refractivity contribution in [2.45, 2.75) is 19.6 Å². The zero-order valence-corrected chi connectivity index (χ0v) is 18.2. The molecule has 0 aromatic carbocycles. The molecule has 0 saturated carbocycles. The highest BCUT2D eigenvalue weighted by atomic mass is 31.2. The fourth-order valence-corrected chi connectivity index (χ4v) is 11.7. The third kappa shape index (κ3) is 5.25. The number of hydrogen-bond donors (Lipinski definition) is 0. The minimum absolute atomic E-state index is 1.68. The Balaban J connectivity index is 6.37. The van der Waals surface area contributed by atoms with Crippen LogP contribution in [0.1, 0.15) is 0 Å². The lowest BCUT2D eigenvalue weighted by atomic mass is 11.3. The van der Waals surface area contributed by atoms with Gasteiger partial charge in [-0.1, -0.05) is 0 Å².